The van der Waals surface area contributed by atoms with Crippen LogP contribution < -0.4 is 14.8 Å². The van der Waals surface area contributed by atoms with Crippen molar-refractivity contribution in [3.05, 3.63) is 60.2 Å². The fraction of sp³-hybridized carbons (Fsp3) is 0.125. The second-order valence-corrected chi connectivity index (χ2v) is 4.35. The Morgan fingerprint density at radius 1 is 0.952 bits per heavy atom. The molecule has 0 radical (unpaired) electrons. The Morgan fingerprint density at radius 2 is 1.67 bits per heavy atom. The molecule has 0 spiro atoms. The van der Waals surface area contributed by atoms with Crippen LogP contribution in [0, 0.1) is 6.92 Å². The molecule has 1 amide bonds. The van der Waals surface area contributed by atoms with E-state index in [1.807, 2.05) is 19.1 Å². The third kappa shape index (κ3) is 4.99. The summed E-state index contributed by atoms with van der Waals surface area (Å²) in [6.07, 6.45) is -0.706. The first-order valence-corrected chi connectivity index (χ1v) is 6.41. The summed E-state index contributed by atoms with van der Waals surface area (Å²) < 4.78 is 10.1. The molecule has 0 aliphatic heterocycles. The molecule has 5 heteroatoms. The first-order valence-electron chi connectivity index (χ1n) is 6.41. The van der Waals surface area contributed by atoms with Gasteiger partial charge in [-0.3, -0.25) is 0 Å². The molecule has 2 aromatic rings. The number of ether oxygens (including phenoxy) is 2. The zero-order chi connectivity index (χ0) is 15.1. The number of benzene rings is 2. The smallest absolute Gasteiger partial charge is 0.413 e. The number of aryl methyl sites for hydroxylation is 1. The van der Waals surface area contributed by atoms with Crippen molar-refractivity contribution in [2.24, 2.45) is 0 Å². The van der Waals surface area contributed by atoms with Gasteiger partial charge >= 0.3 is 12.1 Å². The maximum atomic E-state index is 11.6. The van der Waals surface area contributed by atoms with E-state index in [-0.39, 0.29) is 6.54 Å². The molecule has 2 aromatic carbocycles. The molecule has 0 saturated heterocycles. The number of nitrogens with one attached hydrogen (secondary N) is 1. The van der Waals surface area contributed by atoms with Gasteiger partial charge in [0.1, 0.15) is 18.0 Å². The molecular weight excluding hydrogens is 270 g/mol. The van der Waals surface area contributed by atoms with Gasteiger partial charge in [-0.05, 0) is 36.8 Å². The van der Waals surface area contributed by atoms with E-state index in [2.05, 4.69) is 5.32 Å². The van der Waals surface area contributed by atoms with Gasteiger partial charge in [-0.2, -0.15) is 0 Å². The summed E-state index contributed by atoms with van der Waals surface area (Å²) in [5.41, 5.74) is 0.983. The Labute approximate surface area is 122 Å². The van der Waals surface area contributed by atoms with Crippen molar-refractivity contribution in [1.82, 2.24) is 5.32 Å². The average molecular weight is 285 g/mol. The number of para-hydroxylation sites is 1. The van der Waals surface area contributed by atoms with E-state index >= 15 is 0 Å². The maximum absolute atomic E-state index is 11.6. The molecule has 0 unspecified atom stereocenters. The Balaban J connectivity index is 1.77. The molecule has 0 aromatic heterocycles. The van der Waals surface area contributed by atoms with Gasteiger partial charge in [-0.25, -0.2) is 9.59 Å². The van der Waals surface area contributed by atoms with Crippen LogP contribution in [0.25, 0.3) is 0 Å². The lowest BCUT2D eigenvalue weighted by Gasteiger charge is -2.07. The van der Waals surface area contributed by atoms with E-state index < -0.39 is 12.1 Å². The largest absolute Gasteiger partial charge is 0.425 e. The molecule has 1 N–H and O–H groups in total. The molecule has 5 nitrogen and oxygen atoms in total. The van der Waals surface area contributed by atoms with Crippen LogP contribution in [0.3, 0.4) is 0 Å². The maximum Gasteiger partial charge on any atom is 0.413 e. The standard InChI is InChI=1S/C16H15NO4/c1-12-6-5-9-14(10-12)20-15(18)11-17-16(19)21-13-7-3-2-4-8-13/h2-10H,11H2,1H3,(H,17,19). The highest BCUT2D eigenvalue weighted by Crippen LogP contribution is 2.12. The van der Waals surface area contributed by atoms with Gasteiger partial charge in [-0.15, -0.1) is 0 Å². The number of esters is 1. The van der Waals surface area contributed by atoms with E-state index in [4.69, 9.17) is 9.47 Å². The summed E-state index contributed by atoms with van der Waals surface area (Å²) in [7, 11) is 0. The van der Waals surface area contributed by atoms with Crippen LogP contribution >= 0.6 is 0 Å². The second kappa shape index (κ2) is 7.09. The van der Waals surface area contributed by atoms with Crippen LogP contribution in [-0.4, -0.2) is 18.6 Å². The third-order valence-electron chi connectivity index (χ3n) is 2.55. The molecule has 0 aliphatic rings. The van der Waals surface area contributed by atoms with E-state index in [9.17, 15) is 9.59 Å². The van der Waals surface area contributed by atoms with E-state index in [1.54, 1.807) is 42.5 Å². The van der Waals surface area contributed by atoms with Crippen LogP contribution in [0.2, 0.25) is 0 Å². The predicted octanol–water partition coefficient (Wildman–Crippen LogP) is 2.69. The van der Waals surface area contributed by atoms with E-state index in [0.29, 0.717) is 11.5 Å². The van der Waals surface area contributed by atoms with Gasteiger partial charge in [0.05, 0.1) is 0 Å². The van der Waals surface area contributed by atoms with Crippen molar-refractivity contribution in [3.8, 4) is 11.5 Å². The molecule has 0 atom stereocenters. The Kier molecular flexibility index (Phi) is 4.93. The Bertz CT molecular complexity index is 625. The SMILES string of the molecule is Cc1cccc(OC(=O)CNC(=O)Oc2ccccc2)c1. The number of hydrogen-bond donors (Lipinski definition) is 1. The van der Waals surface area contributed by atoms with Gasteiger partial charge in [0.25, 0.3) is 0 Å². The molecule has 108 valence electrons. The average Bonchev–Trinajstić information content (AvgIpc) is 2.46. The van der Waals surface area contributed by atoms with Gasteiger partial charge in [-0.1, -0.05) is 30.3 Å². The van der Waals surface area contributed by atoms with Crippen molar-refractivity contribution in [2.75, 3.05) is 6.54 Å². The molecule has 2 rings (SSSR count). The van der Waals surface area contributed by atoms with Crippen molar-refractivity contribution in [3.63, 3.8) is 0 Å². The quantitative estimate of drug-likeness (QED) is 0.693. The topological polar surface area (TPSA) is 64.6 Å². The fourth-order valence-electron chi connectivity index (χ4n) is 1.62. The van der Waals surface area contributed by atoms with Crippen molar-refractivity contribution >= 4 is 12.1 Å². The van der Waals surface area contributed by atoms with Gasteiger partial charge in [0.15, 0.2) is 0 Å². The molecule has 0 aliphatic carbocycles. The van der Waals surface area contributed by atoms with Crippen LogP contribution in [-0.2, 0) is 4.79 Å². The fourth-order valence-corrected chi connectivity index (χ4v) is 1.62. The highest BCUT2D eigenvalue weighted by Gasteiger charge is 2.09. The van der Waals surface area contributed by atoms with Gasteiger partial charge in [0, 0.05) is 0 Å². The van der Waals surface area contributed by atoms with Gasteiger partial charge < -0.3 is 14.8 Å². The van der Waals surface area contributed by atoms with E-state index in [1.165, 1.54) is 0 Å². The van der Waals surface area contributed by atoms with Gasteiger partial charge in [0.2, 0.25) is 0 Å². The molecule has 0 fully saturated rings. The van der Waals surface area contributed by atoms with Crippen LogP contribution in [0.4, 0.5) is 4.79 Å². The predicted molar refractivity (Wildman–Crippen MR) is 77.3 cm³/mol. The normalized spacial score (nSPS) is 9.76. The second-order valence-electron chi connectivity index (χ2n) is 4.35. The summed E-state index contributed by atoms with van der Waals surface area (Å²) in [6, 6.07) is 15.7. The van der Waals surface area contributed by atoms with Crippen molar-refractivity contribution in [2.45, 2.75) is 6.92 Å². The minimum Gasteiger partial charge on any atom is -0.425 e. The monoisotopic (exact) mass is 285 g/mol. The first-order chi connectivity index (χ1) is 10.1. The van der Waals surface area contributed by atoms with Crippen molar-refractivity contribution < 1.29 is 19.1 Å². The van der Waals surface area contributed by atoms with Crippen molar-refractivity contribution in [1.29, 1.82) is 0 Å². The summed E-state index contributed by atoms with van der Waals surface area (Å²) in [5, 5.41) is 2.33. The van der Waals surface area contributed by atoms with Crippen LogP contribution in [0.1, 0.15) is 5.56 Å². The molecule has 21 heavy (non-hydrogen) atoms. The van der Waals surface area contributed by atoms with Crippen LogP contribution in [0.5, 0.6) is 11.5 Å². The highest BCUT2D eigenvalue weighted by molar-refractivity contribution is 5.80. The van der Waals surface area contributed by atoms with E-state index in [0.717, 1.165) is 5.56 Å². The lowest BCUT2D eigenvalue weighted by atomic mass is 10.2. The molecule has 0 saturated carbocycles. The number of amides is 1. The number of carbonyl (C=O) groups is 2. The lowest BCUT2D eigenvalue weighted by Crippen LogP contribution is -2.33. The summed E-state index contributed by atoms with van der Waals surface area (Å²) in [4.78, 5) is 23.1. The van der Waals surface area contributed by atoms with Crippen LogP contribution in [0.15, 0.2) is 54.6 Å². The Hall–Kier alpha value is -2.82. The summed E-state index contributed by atoms with van der Waals surface area (Å²) in [5.74, 6) is 0.283. The minimum atomic E-state index is -0.706. The number of carbonyl (C=O) groups excluding carboxylic acids is 2. The zero-order valence-electron chi connectivity index (χ0n) is 11.5. The molecule has 0 heterocycles. The summed E-state index contributed by atoms with van der Waals surface area (Å²) in [6.45, 7) is 1.63. The number of hydrogen-bond acceptors (Lipinski definition) is 4. The zero-order valence-corrected chi connectivity index (χ0v) is 11.5. The lowest BCUT2D eigenvalue weighted by molar-refractivity contribution is -0.133. The first kappa shape index (κ1) is 14.6. The molecular formula is C16H15NO4. The highest BCUT2D eigenvalue weighted by atomic mass is 16.6. The minimum absolute atomic E-state index is 0.264. The number of rotatable bonds is 4. The molecule has 0 bridgehead atoms. The third-order valence-corrected chi connectivity index (χ3v) is 2.55. The summed E-state index contributed by atoms with van der Waals surface area (Å²) >= 11 is 0. The Morgan fingerprint density at radius 3 is 2.38 bits per heavy atom.